The Hall–Kier alpha value is -2.74. The molecule has 3 nitrogen and oxygen atoms in total. The number of hydrogen-bond acceptors (Lipinski definition) is 2. The molecule has 0 aliphatic carbocycles. The zero-order valence-electron chi connectivity index (χ0n) is 13.4. The number of benzene rings is 2. The largest absolute Gasteiger partial charge is 0.419 e. The van der Waals surface area contributed by atoms with Crippen LogP contribution in [0.25, 0.3) is 27.5 Å². The fraction of sp³-hybridized carbons (Fsp3) is 0.0526. The summed E-state index contributed by atoms with van der Waals surface area (Å²) in [6.45, 7) is 0. The molecule has 0 spiro atoms. The second-order valence-electron chi connectivity index (χ2n) is 5.89. The molecule has 2 heterocycles. The van der Waals surface area contributed by atoms with Crippen LogP contribution in [0.4, 0.5) is 17.6 Å². The highest BCUT2D eigenvalue weighted by Crippen LogP contribution is 2.33. The van der Waals surface area contributed by atoms with Gasteiger partial charge in [0.15, 0.2) is 0 Å². The van der Waals surface area contributed by atoms with Gasteiger partial charge in [-0.2, -0.15) is 13.2 Å². The average Bonchev–Trinajstić information content (AvgIpc) is 2.61. The minimum atomic E-state index is -4.87. The number of rotatable bonds is 1. The molecule has 0 bridgehead atoms. The number of hydrogen-bond donors (Lipinski definition) is 0. The van der Waals surface area contributed by atoms with Gasteiger partial charge in [-0.25, -0.2) is 4.39 Å². The van der Waals surface area contributed by atoms with Crippen LogP contribution in [0.15, 0.2) is 64.0 Å². The molecule has 0 saturated carbocycles. The molecule has 27 heavy (non-hydrogen) atoms. The van der Waals surface area contributed by atoms with E-state index in [4.69, 9.17) is 0 Å². The summed E-state index contributed by atoms with van der Waals surface area (Å²) in [5, 5.41) is 1.15. The normalized spacial score (nSPS) is 12.0. The summed E-state index contributed by atoms with van der Waals surface area (Å²) in [4.78, 5) is 16.9. The zero-order chi connectivity index (χ0) is 19.3. The third kappa shape index (κ3) is 2.99. The highest BCUT2D eigenvalue weighted by molar-refractivity contribution is 9.10. The minimum Gasteiger partial charge on any atom is -0.276 e. The lowest BCUT2D eigenvalue weighted by molar-refractivity contribution is -0.140. The van der Waals surface area contributed by atoms with E-state index in [-0.39, 0.29) is 5.69 Å². The van der Waals surface area contributed by atoms with Gasteiger partial charge in [0.05, 0.1) is 22.3 Å². The van der Waals surface area contributed by atoms with E-state index in [0.717, 1.165) is 15.1 Å². The van der Waals surface area contributed by atoms with E-state index in [1.807, 2.05) is 0 Å². The number of nitrogens with zero attached hydrogens (tertiary/aromatic N) is 2. The lowest BCUT2D eigenvalue weighted by Crippen LogP contribution is -2.19. The third-order valence-electron chi connectivity index (χ3n) is 4.19. The third-order valence-corrected chi connectivity index (χ3v) is 4.69. The fourth-order valence-electron chi connectivity index (χ4n) is 3.01. The lowest BCUT2D eigenvalue weighted by atomic mass is 10.1. The van der Waals surface area contributed by atoms with Crippen molar-refractivity contribution in [3.05, 3.63) is 80.9 Å². The maximum atomic E-state index is 13.7. The van der Waals surface area contributed by atoms with Crippen molar-refractivity contribution in [3.63, 3.8) is 0 Å². The summed E-state index contributed by atoms with van der Waals surface area (Å²) in [5.41, 5.74) is -1.07. The van der Waals surface area contributed by atoms with Crippen LogP contribution in [0.2, 0.25) is 0 Å². The first-order valence-electron chi connectivity index (χ1n) is 7.73. The Labute approximate surface area is 158 Å². The Morgan fingerprint density at radius 3 is 2.52 bits per heavy atom. The van der Waals surface area contributed by atoms with Gasteiger partial charge in [0.2, 0.25) is 0 Å². The monoisotopic (exact) mass is 436 g/mol. The first-order valence-corrected chi connectivity index (χ1v) is 8.52. The molecule has 4 rings (SSSR count). The number of halogens is 5. The zero-order valence-corrected chi connectivity index (χ0v) is 15.0. The van der Waals surface area contributed by atoms with Crippen LogP contribution in [-0.2, 0) is 6.18 Å². The van der Waals surface area contributed by atoms with Gasteiger partial charge >= 0.3 is 6.18 Å². The predicted octanol–water partition coefficient (Wildman–Crippen LogP) is 5.46. The summed E-state index contributed by atoms with van der Waals surface area (Å²) < 4.78 is 54.9. The van der Waals surface area contributed by atoms with Crippen LogP contribution >= 0.6 is 15.9 Å². The molecule has 0 atom stereocenters. The molecule has 0 unspecified atom stereocenters. The van der Waals surface area contributed by atoms with Crippen molar-refractivity contribution in [2.75, 3.05) is 0 Å². The van der Waals surface area contributed by atoms with E-state index < -0.39 is 23.1 Å². The van der Waals surface area contributed by atoms with E-state index in [9.17, 15) is 22.4 Å². The van der Waals surface area contributed by atoms with Crippen LogP contribution in [0.3, 0.4) is 0 Å². The number of aromatic nitrogens is 2. The van der Waals surface area contributed by atoms with Crippen molar-refractivity contribution in [1.82, 2.24) is 9.55 Å². The van der Waals surface area contributed by atoms with Crippen LogP contribution < -0.4 is 5.56 Å². The Morgan fingerprint density at radius 1 is 1.00 bits per heavy atom. The number of pyridine rings is 2. The van der Waals surface area contributed by atoms with E-state index in [0.29, 0.717) is 33.9 Å². The van der Waals surface area contributed by atoms with Gasteiger partial charge in [0, 0.05) is 27.5 Å². The van der Waals surface area contributed by atoms with Gasteiger partial charge < -0.3 is 0 Å². The Kier molecular flexibility index (Phi) is 4.03. The van der Waals surface area contributed by atoms with Gasteiger partial charge in [0.25, 0.3) is 5.56 Å². The Morgan fingerprint density at radius 2 is 1.78 bits per heavy atom. The molecule has 4 aromatic rings. The maximum absolute atomic E-state index is 13.7. The van der Waals surface area contributed by atoms with Crippen LogP contribution in [0.5, 0.6) is 0 Å². The lowest BCUT2D eigenvalue weighted by Gasteiger charge is -2.15. The van der Waals surface area contributed by atoms with Crippen LogP contribution in [0, 0.1) is 5.82 Å². The standard InChI is InChI=1S/C19H9BrF4N2O/c20-11-2-5-16-13(7-11)18-10(9-25-16)1-6-17(27)26(18)12-3-4-15(21)14(8-12)19(22,23)24/h1-9H. The molecule has 0 fully saturated rings. The summed E-state index contributed by atoms with van der Waals surface area (Å²) in [6, 6.07) is 10.5. The van der Waals surface area contributed by atoms with Crippen LogP contribution in [0.1, 0.15) is 5.56 Å². The molecule has 0 radical (unpaired) electrons. The van der Waals surface area contributed by atoms with Gasteiger partial charge in [-0.15, -0.1) is 0 Å². The summed E-state index contributed by atoms with van der Waals surface area (Å²) in [7, 11) is 0. The van der Waals surface area contributed by atoms with E-state index in [2.05, 4.69) is 20.9 Å². The molecular formula is C19H9BrF4N2O. The van der Waals surface area contributed by atoms with E-state index in [1.54, 1.807) is 24.3 Å². The molecular weight excluding hydrogens is 428 g/mol. The van der Waals surface area contributed by atoms with Gasteiger partial charge in [-0.3, -0.25) is 14.3 Å². The van der Waals surface area contributed by atoms with Crippen molar-refractivity contribution >= 4 is 37.7 Å². The van der Waals surface area contributed by atoms with Crippen molar-refractivity contribution in [1.29, 1.82) is 0 Å². The molecule has 0 N–H and O–H groups in total. The Bertz CT molecular complexity index is 1260. The van der Waals surface area contributed by atoms with Crippen molar-refractivity contribution in [2.24, 2.45) is 0 Å². The first kappa shape index (κ1) is 17.7. The smallest absolute Gasteiger partial charge is 0.276 e. The fourth-order valence-corrected chi connectivity index (χ4v) is 3.37. The van der Waals surface area contributed by atoms with Gasteiger partial charge in [-0.05, 0) is 42.5 Å². The molecule has 2 aromatic heterocycles. The first-order chi connectivity index (χ1) is 12.8. The molecule has 2 aromatic carbocycles. The minimum absolute atomic E-state index is 0.0770. The molecule has 0 amide bonds. The summed E-state index contributed by atoms with van der Waals surface area (Å²) in [5.74, 6) is -1.39. The average molecular weight is 437 g/mol. The topological polar surface area (TPSA) is 34.9 Å². The van der Waals surface area contributed by atoms with Crippen molar-refractivity contribution < 1.29 is 17.6 Å². The molecule has 0 aliphatic rings. The maximum Gasteiger partial charge on any atom is 0.419 e. The molecule has 0 aliphatic heterocycles. The highest BCUT2D eigenvalue weighted by Gasteiger charge is 2.34. The number of fused-ring (bicyclic) bond motifs is 3. The SMILES string of the molecule is O=c1ccc2cnc3ccc(Br)cc3c2n1-c1ccc(F)c(C(F)(F)F)c1. The van der Waals surface area contributed by atoms with E-state index >= 15 is 0 Å². The number of alkyl halides is 3. The van der Waals surface area contributed by atoms with E-state index in [1.165, 1.54) is 12.3 Å². The van der Waals surface area contributed by atoms with Gasteiger partial charge in [-0.1, -0.05) is 15.9 Å². The quantitative estimate of drug-likeness (QED) is 0.293. The summed E-state index contributed by atoms with van der Waals surface area (Å²) >= 11 is 3.35. The van der Waals surface area contributed by atoms with Crippen molar-refractivity contribution in [2.45, 2.75) is 6.18 Å². The second-order valence-corrected chi connectivity index (χ2v) is 6.81. The van der Waals surface area contributed by atoms with Crippen LogP contribution in [-0.4, -0.2) is 9.55 Å². The summed E-state index contributed by atoms with van der Waals surface area (Å²) in [6.07, 6.45) is -3.34. The molecule has 8 heteroatoms. The van der Waals surface area contributed by atoms with Gasteiger partial charge in [0.1, 0.15) is 5.82 Å². The van der Waals surface area contributed by atoms with Crippen molar-refractivity contribution in [3.8, 4) is 5.69 Å². The molecule has 136 valence electrons. The Balaban J connectivity index is 2.15. The second kappa shape index (κ2) is 6.16. The predicted molar refractivity (Wildman–Crippen MR) is 97.5 cm³/mol. The highest BCUT2D eigenvalue weighted by atomic mass is 79.9. The molecule has 0 saturated heterocycles.